The van der Waals surface area contributed by atoms with E-state index < -0.39 is 0 Å². The summed E-state index contributed by atoms with van der Waals surface area (Å²) in [4.78, 5) is 18.9. The number of rotatable bonds is 7. The molecule has 8 heteroatoms. The number of methoxy groups -OCH3 is 2. The molecule has 4 aromatic rings. The van der Waals surface area contributed by atoms with Gasteiger partial charge in [0.1, 0.15) is 11.5 Å². The van der Waals surface area contributed by atoms with Crippen molar-refractivity contribution in [1.82, 2.24) is 9.88 Å². The Morgan fingerprint density at radius 3 is 2.66 bits per heavy atom. The van der Waals surface area contributed by atoms with Gasteiger partial charge in [-0.2, -0.15) is 0 Å². The molecular formula is C24H23N3O3S2. The lowest BCUT2D eigenvalue weighted by molar-refractivity contribution is 0.410. The summed E-state index contributed by atoms with van der Waals surface area (Å²) in [5.41, 5.74) is 1.98. The molecule has 2 N–H and O–H groups in total. The Morgan fingerprint density at radius 1 is 1.06 bits per heavy atom. The Kier molecular flexibility index (Phi) is 6.72. The zero-order valence-corrected chi connectivity index (χ0v) is 19.4. The van der Waals surface area contributed by atoms with Crippen LogP contribution in [0.2, 0.25) is 0 Å². The SMILES string of the molecule is COc1ccc2cc(CN(Cc3cccs3)C(=S)Nc3ccccc3OC)c(=O)[nH]c2c1. The minimum Gasteiger partial charge on any atom is -0.497 e. The monoisotopic (exact) mass is 465 g/mol. The molecule has 2 heterocycles. The molecule has 2 aromatic carbocycles. The van der Waals surface area contributed by atoms with Crippen molar-refractivity contribution in [2.75, 3.05) is 19.5 Å². The van der Waals surface area contributed by atoms with Crippen LogP contribution in [0.15, 0.2) is 70.8 Å². The molecule has 0 amide bonds. The lowest BCUT2D eigenvalue weighted by atomic mass is 10.1. The number of thiocarbonyl (C=S) groups is 1. The number of pyridine rings is 1. The van der Waals surface area contributed by atoms with Crippen molar-refractivity contribution >= 4 is 45.3 Å². The molecule has 0 bridgehead atoms. The number of aromatic nitrogens is 1. The Balaban J connectivity index is 1.64. The fourth-order valence-corrected chi connectivity index (χ4v) is 4.37. The highest BCUT2D eigenvalue weighted by atomic mass is 32.1. The molecule has 4 rings (SSSR count). The average Bonchev–Trinajstić information content (AvgIpc) is 3.32. The standard InChI is InChI=1S/C24H23N3O3S2/c1-29-18-10-9-16-12-17(23(28)25-21(16)13-18)14-27(15-19-6-5-11-32-19)24(31)26-20-7-3-4-8-22(20)30-2/h3-13H,14-15H2,1-2H3,(H,25,28)(H,26,31). The van der Waals surface area contributed by atoms with Gasteiger partial charge in [0.2, 0.25) is 0 Å². The van der Waals surface area contributed by atoms with Gasteiger partial charge in [-0.15, -0.1) is 11.3 Å². The number of hydrogen-bond acceptors (Lipinski definition) is 5. The lowest BCUT2D eigenvalue weighted by Crippen LogP contribution is -2.35. The molecule has 164 valence electrons. The predicted octanol–water partition coefficient (Wildman–Crippen LogP) is 5.01. The fraction of sp³-hybridized carbons (Fsp3) is 0.167. The van der Waals surface area contributed by atoms with Gasteiger partial charge in [-0.1, -0.05) is 18.2 Å². The minimum atomic E-state index is -0.151. The second-order valence-corrected chi connectivity index (χ2v) is 8.56. The van der Waals surface area contributed by atoms with Gasteiger partial charge in [0.05, 0.1) is 38.5 Å². The van der Waals surface area contributed by atoms with Gasteiger partial charge < -0.3 is 24.7 Å². The van der Waals surface area contributed by atoms with Crippen LogP contribution in [-0.2, 0) is 13.1 Å². The van der Waals surface area contributed by atoms with Crippen molar-refractivity contribution in [2.24, 2.45) is 0 Å². The summed E-state index contributed by atoms with van der Waals surface area (Å²) in [5, 5.41) is 6.74. The van der Waals surface area contributed by atoms with E-state index in [1.807, 2.05) is 64.9 Å². The van der Waals surface area contributed by atoms with Crippen LogP contribution in [0.3, 0.4) is 0 Å². The first-order valence-corrected chi connectivity index (χ1v) is 11.3. The van der Waals surface area contributed by atoms with Gasteiger partial charge in [0.25, 0.3) is 5.56 Å². The lowest BCUT2D eigenvalue weighted by Gasteiger charge is -2.26. The van der Waals surface area contributed by atoms with Crippen LogP contribution in [0.5, 0.6) is 11.5 Å². The summed E-state index contributed by atoms with van der Waals surface area (Å²) in [6, 6.07) is 19.2. The molecule has 2 aromatic heterocycles. The van der Waals surface area contributed by atoms with Crippen LogP contribution in [0.1, 0.15) is 10.4 Å². The van der Waals surface area contributed by atoms with Crippen molar-refractivity contribution in [3.63, 3.8) is 0 Å². The number of benzene rings is 2. The third-order valence-electron chi connectivity index (χ3n) is 5.05. The second kappa shape index (κ2) is 9.84. The summed E-state index contributed by atoms with van der Waals surface area (Å²) in [6.45, 7) is 0.939. The van der Waals surface area contributed by atoms with Crippen molar-refractivity contribution in [1.29, 1.82) is 0 Å². The molecule has 0 saturated carbocycles. The maximum Gasteiger partial charge on any atom is 0.253 e. The van der Waals surface area contributed by atoms with E-state index >= 15 is 0 Å². The number of H-pyrrole nitrogens is 1. The third-order valence-corrected chi connectivity index (χ3v) is 6.28. The maximum absolute atomic E-state index is 12.8. The number of ether oxygens (including phenoxy) is 2. The summed E-state index contributed by atoms with van der Waals surface area (Å²) >= 11 is 7.39. The summed E-state index contributed by atoms with van der Waals surface area (Å²) in [7, 11) is 3.22. The topological polar surface area (TPSA) is 66.6 Å². The van der Waals surface area contributed by atoms with E-state index in [1.165, 1.54) is 0 Å². The highest BCUT2D eigenvalue weighted by Crippen LogP contribution is 2.25. The Labute approximate surface area is 195 Å². The maximum atomic E-state index is 12.8. The van der Waals surface area contributed by atoms with Crippen molar-refractivity contribution in [2.45, 2.75) is 13.1 Å². The van der Waals surface area contributed by atoms with Crippen molar-refractivity contribution < 1.29 is 9.47 Å². The minimum absolute atomic E-state index is 0.151. The Hall–Kier alpha value is -3.36. The quantitative estimate of drug-likeness (QED) is 0.374. The molecule has 0 aliphatic carbocycles. The number of fused-ring (bicyclic) bond motifs is 1. The van der Waals surface area contributed by atoms with Crippen LogP contribution >= 0.6 is 23.6 Å². The Morgan fingerprint density at radius 2 is 1.91 bits per heavy atom. The van der Waals surface area contributed by atoms with Crippen molar-refractivity contribution in [3.05, 3.63) is 86.8 Å². The molecule has 0 radical (unpaired) electrons. The van der Waals surface area contributed by atoms with Crippen LogP contribution in [0, 0.1) is 0 Å². The number of anilines is 1. The number of nitrogens with one attached hydrogen (secondary N) is 2. The number of aromatic amines is 1. The number of thiophene rings is 1. The first kappa shape index (κ1) is 21.9. The van der Waals surface area contributed by atoms with E-state index in [0.29, 0.717) is 35.3 Å². The normalized spacial score (nSPS) is 10.7. The summed E-state index contributed by atoms with van der Waals surface area (Å²) in [5.74, 6) is 1.39. The van der Waals surface area contributed by atoms with Crippen LogP contribution in [0.4, 0.5) is 5.69 Å². The molecule has 0 spiro atoms. The molecule has 0 aliphatic heterocycles. The molecule has 0 saturated heterocycles. The molecule has 6 nitrogen and oxygen atoms in total. The van der Waals surface area contributed by atoms with E-state index in [2.05, 4.69) is 16.4 Å². The van der Waals surface area contributed by atoms with E-state index in [1.54, 1.807) is 25.6 Å². The number of nitrogens with zero attached hydrogens (tertiary/aromatic N) is 1. The van der Waals surface area contributed by atoms with Crippen molar-refractivity contribution in [3.8, 4) is 11.5 Å². The van der Waals surface area contributed by atoms with Crippen LogP contribution in [0.25, 0.3) is 10.9 Å². The van der Waals surface area contributed by atoms with E-state index in [4.69, 9.17) is 21.7 Å². The Bertz CT molecular complexity index is 1290. The van der Waals surface area contributed by atoms with Crippen LogP contribution < -0.4 is 20.3 Å². The molecule has 0 aliphatic rings. The molecule has 0 atom stereocenters. The smallest absolute Gasteiger partial charge is 0.253 e. The summed E-state index contributed by atoms with van der Waals surface area (Å²) < 4.78 is 10.7. The van der Waals surface area contributed by atoms with E-state index in [9.17, 15) is 4.79 Å². The molecule has 0 fully saturated rings. The number of hydrogen-bond donors (Lipinski definition) is 2. The molecule has 0 unspecified atom stereocenters. The van der Waals surface area contributed by atoms with E-state index in [0.717, 1.165) is 21.5 Å². The largest absolute Gasteiger partial charge is 0.497 e. The molecular weight excluding hydrogens is 442 g/mol. The van der Waals surface area contributed by atoms with Gasteiger partial charge in [-0.05, 0) is 59.4 Å². The first-order valence-electron chi connectivity index (χ1n) is 9.98. The third kappa shape index (κ3) is 4.92. The highest BCUT2D eigenvalue weighted by Gasteiger charge is 2.16. The second-order valence-electron chi connectivity index (χ2n) is 7.14. The number of para-hydroxylation sites is 2. The van der Waals surface area contributed by atoms with E-state index in [-0.39, 0.29) is 5.56 Å². The average molecular weight is 466 g/mol. The van der Waals surface area contributed by atoms with Gasteiger partial charge in [-0.3, -0.25) is 4.79 Å². The first-order chi connectivity index (χ1) is 15.6. The predicted molar refractivity (Wildman–Crippen MR) is 134 cm³/mol. The van der Waals surface area contributed by atoms with Crippen LogP contribution in [-0.4, -0.2) is 29.2 Å². The zero-order chi connectivity index (χ0) is 22.5. The fourth-order valence-electron chi connectivity index (χ4n) is 3.41. The zero-order valence-electron chi connectivity index (χ0n) is 17.8. The van der Waals surface area contributed by atoms with Gasteiger partial charge in [0.15, 0.2) is 5.11 Å². The molecule has 32 heavy (non-hydrogen) atoms. The van der Waals surface area contributed by atoms with Gasteiger partial charge >= 0.3 is 0 Å². The highest BCUT2D eigenvalue weighted by molar-refractivity contribution is 7.80. The summed E-state index contributed by atoms with van der Waals surface area (Å²) in [6.07, 6.45) is 0. The van der Waals surface area contributed by atoms with Gasteiger partial charge in [-0.25, -0.2) is 0 Å². The van der Waals surface area contributed by atoms with Gasteiger partial charge in [0, 0.05) is 16.5 Å².